The van der Waals surface area contributed by atoms with Gasteiger partial charge in [0.25, 0.3) is 0 Å². The first-order valence-electron chi connectivity index (χ1n) is 5.94. The lowest BCUT2D eigenvalue weighted by Crippen LogP contribution is -1.87. The maximum absolute atomic E-state index is 5.67. The summed E-state index contributed by atoms with van der Waals surface area (Å²) in [6.45, 7) is 5.62. The van der Waals surface area contributed by atoms with Crippen molar-refractivity contribution >= 4 is 0 Å². The maximum atomic E-state index is 5.67. The van der Waals surface area contributed by atoms with E-state index in [-0.39, 0.29) is 0 Å². The zero-order valence-corrected chi connectivity index (χ0v) is 10.1. The Morgan fingerprint density at radius 3 is 2.76 bits per heavy atom. The van der Waals surface area contributed by atoms with Gasteiger partial charge in [-0.2, -0.15) is 0 Å². The SMILES string of the molecule is C=CCCCc1oc(C)nc1-c1ccccc1. The van der Waals surface area contributed by atoms with Gasteiger partial charge in [-0.3, -0.25) is 0 Å². The first-order valence-corrected chi connectivity index (χ1v) is 5.94. The van der Waals surface area contributed by atoms with Crippen LogP contribution in [-0.4, -0.2) is 4.98 Å². The first-order chi connectivity index (χ1) is 8.31. The molecule has 0 unspecified atom stereocenters. The number of oxazole rings is 1. The molecule has 88 valence electrons. The zero-order chi connectivity index (χ0) is 12.1. The predicted octanol–water partition coefficient (Wildman–Crippen LogP) is 4.16. The summed E-state index contributed by atoms with van der Waals surface area (Å²) in [5.74, 6) is 1.72. The van der Waals surface area contributed by atoms with Gasteiger partial charge in [-0.05, 0) is 12.8 Å². The number of aromatic nitrogens is 1. The summed E-state index contributed by atoms with van der Waals surface area (Å²) in [7, 11) is 0. The van der Waals surface area contributed by atoms with E-state index in [1.807, 2.05) is 31.2 Å². The molecule has 0 aliphatic carbocycles. The molecule has 0 saturated heterocycles. The number of aryl methyl sites for hydroxylation is 2. The van der Waals surface area contributed by atoms with Crippen LogP contribution in [0.25, 0.3) is 11.3 Å². The van der Waals surface area contributed by atoms with E-state index in [4.69, 9.17) is 4.42 Å². The van der Waals surface area contributed by atoms with Crippen molar-refractivity contribution < 1.29 is 4.42 Å². The number of allylic oxidation sites excluding steroid dienone is 1. The van der Waals surface area contributed by atoms with Crippen molar-refractivity contribution in [1.82, 2.24) is 4.98 Å². The van der Waals surface area contributed by atoms with Gasteiger partial charge < -0.3 is 4.42 Å². The number of benzene rings is 1. The van der Waals surface area contributed by atoms with Crippen molar-refractivity contribution in [3.63, 3.8) is 0 Å². The smallest absolute Gasteiger partial charge is 0.191 e. The molecule has 0 aliphatic heterocycles. The summed E-state index contributed by atoms with van der Waals surface area (Å²) in [4.78, 5) is 4.47. The number of unbranched alkanes of at least 4 members (excludes halogenated alkanes) is 1. The molecule has 0 radical (unpaired) electrons. The summed E-state index contributed by atoms with van der Waals surface area (Å²) >= 11 is 0. The molecule has 1 aromatic carbocycles. The summed E-state index contributed by atoms with van der Waals surface area (Å²) in [5, 5.41) is 0. The highest BCUT2D eigenvalue weighted by Crippen LogP contribution is 2.24. The van der Waals surface area contributed by atoms with Gasteiger partial charge in [-0.15, -0.1) is 6.58 Å². The van der Waals surface area contributed by atoms with Crippen LogP contribution in [0.5, 0.6) is 0 Å². The normalized spacial score (nSPS) is 10.4. The lowest BCUT2D eigenvalue weighted by atomic mass is 10.1. The average molecular weight is 227 g/mol. The zero-order valence-electron chi connectivity index (χ0n) is 10.1. The summed E-state index contributed by atoms with van der Waals surface area (Å²) in [5.41, 5.74) is 2.10. The van der Waals surface area contributed by atoms with E-state index in [0.29, 0.717) is 0 Å². The first kappa shape index (κ1) is 11.6. The van der Waals surface area contributed by atoms with Crippen molar-refractivity contribution in [1.29, 1.82) is 0 Å². The van der Waals surface area contributed by atoms with Crippen molar-refractivity contribution in [2.45, 2.75) is 26.2 Å². The molecule has 0 atom stereocenters. The van der Waals surface area contributed by atoms with E-state index in [9.17, 15) is 0 Å². The quantitative estimate of drug-likeness (QED) is 0.566. The van der Waals surface area contributed by atoms with E-state index in [2.05, 4.69) is 23.7 Å². The number of hydrogen-bond donors (Lipinski definition) is 0. The third-order valence-corrected chi connectivity index (χ3v) is 2.66. The van der Waals surface area contributed by atoms with Gasteiger partial charge in [0.05, 0.1) is 0 Å². The number of rotatable bonds is 5. The molecule has 0 amide bonds. The highest BCUT2D eigenvalue weighted by Gasteiger charge is 2.11. The molecule has 0 saturated carbocycles. The van der Waals surface area contributed by atoms with E-state index >= 15 is 0 Å². The van der Waals surface area contributed by atoms with Crippen LogP contribution in [0.15, 0.2) is 47.4 Å². The Hall–Kier alpha value is -1.83. The predicted molar refractivity (Wildman–Crippen MR) is 69.8 cm³/mol. The van der Waals surface area contributed by atoms with E-state index in [1.54, 1.807) is 0 Å². The largest absolute Gasteiger partial charge is 0.445 e. The molecule has 0 spiro atoms. The Morgan fingerprint density at radius 1 is 1.29 bits per heavy atom. The van der Waals surface area contributed by atoms with Crippen LogP contribution in [-0.2, 0) is 6.42 Å². The van der Waals surface area contributed by atoms with Crippen molar-refractivity contribution in [2.75, 3.05) is 0 Å². The highest BCUT2D eigenvalue weighted by molar-refractivity contribution is 5.61. The van der Waals surface area contributed by atoms with Gasteiger partial charge in [0, 0.05) is 18.9 Å². The third-order valence-electron chi connectivity index (χ3n) is 2.66. The second-order valence-corrected chi connectivity index (χ2v) is 4.05. The van der Waals surface area contributed by atoms with Gasteiger partial charge in [-0.1, -0.05) is 36.4 Å². The summed E-state index contributed by atoms with van der Waals surface area (Å²) < 4.78 is 5.67. The molecule has 17 heavy (non-hydrogen) atoms. The second-order valence-electron chi connectivity index (χ2n) is 4.05. The molecule has 2 heteroatoms. The van der Waals surface area contributed by atoms with Crippen LogP contribution >= 0.6 is 0 Å². The topological polar surface area (TPSA) is 26.0 Å². The van der Waals surface area contributed by atoms with Crippen LogP contribution < -0.4 is 0 Å². The van der Waals surface area contributed by atoms with Gasteiger partial charge in [0.15, 0.2) is 5.89 Å². The Balaban J connectivity index is 2.24. The average Bonchev–Trinajstić information content (AvgIpc) is 2.72. The second kappa shape index (κ2) is 5.48. The lowest BCUT2D eigenvalue weighted by molar-refractivity contribution is 0.470. The molecule has 0 fully saturated rings. The molecule has 0 bridgehead atoms. The van der Waals surface area contributed by atoms with Crippen molar-refractivity contribution in [3.05, 3.63) is 54.6 Å². The minimum Gasteiger partial charge on any atom is -0.445 e. The van der Waals surface area contributed by atoms with Gasteiger partial charge in [0.1, 0.15) is 11.5 Å². The molecule has 1 aromatic heterocycles. The Morgan fingerprint density at radius 2 is 2.06 bits per heavy atom. The third kappa shape index (κ3) is 2.84. The van der Waals surface area contributed by atoms with Crippen molar-refractivity contribution in [3.8, 4) is 11.3 Å². The minimum atomic E-state index is 0.734. The Labute approximate surface area is 102 Å². The number of nitrogens with zero attached hydrogens (tertiary/aromatic N) is 1. The Bertz CT molecular complexity index is 485. The highest BCUT2D eigenvalue weighted by atomic mass is 16.4. The maximum Gasteiger partial charge on any atom is 0.191 e. The lowest BCUT2D eigenvalue weighted by Gasteiger charge is -2.00. The van der Waals surface area contributed by atoms with Gasteiger partial charge >= 0.3 is 0 Å². The molecule has 0 aliphatic rings. The van der Waals surface area contributed by atoms with Crippen LogP contribution in [0.1, 0.15) is 24.5 Å². The van der Waals surface area contributed by atoms with E-state index in [1.165, 1.54) is 0 Å². The van der Waals surface area contributed by atoms with Crippen LogP contribution in [0, 0.1) is 6.92 Å². The summed E-state index contributed by atoms with van der Waals surface area (Å²) in [6, 6.07) is 10.2. The van der Waals surface area contributed by atoms with Gasteiger partial charge in [0.2, 0.25) is 0 Å². The fourth-order valence-electron chi connectivity index (χ4n) is 1.87. The monoisotopic (exact) mass is 227 g/mol. The van der Waals surface area contributed by atoms with Crippen molar-refractivity contribution in [2.24, 2.45) is 0 Å². The van der Waals surface area contributed by atoms with E-state index < -0.39 is 0 Å². The molecule has 0 N–H and O–H groups in total. The molecule has 2 rings (SSSR count). The fraction of sp³-hybridized carbons (Fsp3) is 0.267. The number of hydrogen-bond acceptors (Lipinski definition) is 2. The molecular formula is C15H17NO. The molecule has 2 nitrogen and oxygen atoms in total. The molecule has 1 heterocycles. The van der Waals surface area contributed by atoms with Crippen LogP contribution in [0.3, 0.4) is 0 Å². The minimum absolute atomic E-state index is 0.734. The summed E-state index contributed by atoms with van der Waals surface area (Å²) in [6.07, 6.45) is 4.91. The molecular weight excluding hydrogens is 210 g/mol. The van der Waals surface area contributed by atoms with E-state index in [0.717, 1.165) is 42.2 Å². The Kier molecular flexibility index (Phi) is 3.76. The van der Waals surface area contributed by atoms with Crippen LogP contribution in [0.4, 0.5) is 0 Å². The van der Waals surface area contributed by atoms with Crippen LogP contribution in [0.2, 0.25) is 0 Å². The van der Waals surface area contributed by atoms with Gasteiger partial charge in [-0.25, -0.2) is 4.98 Å². The standard InChI is InChI=1S/C15H17NO/c1-3-4-6-11-14-15(16-12(2)17-14)13-9-7-5-8-10-13/h3,5,7-10H,1,4,6,11H2,2H3. The molecule has 2 aromatic rings. The fourth-order valence-corrected chi connectivity index (χ4v) is 1.87.